The molecule has 2 aromatic carbocycles. The predicted molar refractivity (Wildman–Crippen MR) is 93.2 cm³/mol. The van der Waals surface area contributed by atoms with Gasteiger partial charge in [0, 0.05) is 12.5 Å². The van der Waals surface area contributed by atoms with Crippen molar-refractivity contribution in [1.82, 2.24) is 5.32 Å². The van der Waals surface area contributed by atoms with Crippen molar-refractivity contribution in [1.29, 1.82) is 0 Å². The zero-order chi connectivity index (χ0) is 16.3. The summed E-state index contributed by atoms with van der Waals surface area (Å²) in [5.74, 6) is 0.262. The molecule has 2 aromatic rings. The summed E-state index contributed by atoms with van der Waals surface area (Å²) in [6.45, 7) is 4.62. The molecule has 0 spiro atoms. The average Bonchev–Trinajstić information content (AvgIpc) is 2.61. The van der Waals surface area contributed by atoms with Crippen molar-refractivity contribution >= 4 is 6.09 Å². The Morgan fingerprint density at radius 2 is 1.74 bits per heavy atom. The van der Waals surface area contributed by atoms with Crippen LogP contribution in [0, 0.1) is 0 Å². The molecule has 0 bridgehead atoms. The third-order valence-electron chi connectivity index (χ3n) is 3.70. The molecule has 3 nitrogen and oxygen atoms in total. The van der Waals surface area contributed by atoms with Crippen LogP contribution >= 0.6 is 0 Å². The Morgan fingerprint density at radius 1 is 1.09 bits per heavy atom. The van der Waals surface area contributed by atoms with Crippen LogP contribution in [0.25, 0.3) is 0 Å². The van der Waals surface area contributed by atoms with E-state index in [1.54, 1.807) is 0 Å². The van der Waals surface area contributed by atoms with Crippen LogP contribution in [0.4, 0.5) is 4.79 Å². The fraction of sp³-hybridized carbons (Fsp3) is 0.250. The molecule has 0 aromatic heterocycles. The van der Waals surface area contributed by atoms with Crippen LogP contribution in [0.3, 0.4) is 0 Å². The second-order valence-corrected chi connectivity index (χ2v) is 5.42. The largest absolute Gasteiger partial charge is 0.445 e. The molecule has 0 heterocycles. The maximum absolute atomic E-state index is 11.9. The smallest absolute Gasteiger partial charge is 0.407 e. The van der Waals surface area contributed by atoms with Crippen molar-refractivity contribution in [3.05, 3.63) is 84.4 Å². The molecule has 0 fully saturated rings. The van der Waals surface area contributed by atoms with E-state index in [1.165, 1.54) is 5.56 Å². The Hall–Kier alpha value is -2.55. The van der Waals surface area contributed by atoms with Gasteiger partial charge >= 0.3 is 6.09 Å². The Labute approximate surface area is 138 Å². The van der Waals surface area contributed by atoms with E-state index in [9.17, 15) is 4.79 Å². The minimum absolute atomic E-state index is 0.262. The van der Waals surface area contributed by atoms with Crippen LogP contribution in [0.2, 0.25) is 0 Å². The van der Waals surface area contributed by atoms with Gasteiger partial charge in [0.05, 0.1) is 0 Å². The Morgan fingerprint density at radius 3 is 2.39 bits per heavy atom. The van der Waals surface area contributed by atoms with Gasteiger partial charge in [0.1, 0.15) is 6.61 Å². The number of carbonyl (C=O) groups is 1. The minimum Gasteiger partial charge on any atom is -0.445 e. The van der Waals surface area contributed by atoms with Gasteiger partial charge in [-0.3, -0.25) is 0 Å². The lowest BCUT2D eigenvalue weighted by atomic mass is 9.94. The van der Waals surface area contributed by atoms with Gasteiger partial charge in [-0.2, -0.15) is 0 Å². The van der Waals surface area contributed by atoms with E-state index in [-0.39, 0.29) is 18.6 Å². The van der Waals surface area contributed by atoms with E-state index >= 15 is 0 Å². The Bertz CT molecular complexity index is 596. The van der Waals surface area contributed by atoms with Crippen LogP contribution in [0.1, 0.15) is 29.9 Å². The molecular formula is C20H23NO2. The number of hydrogen-bond donors (Lipinski definition) is 1. The molecule has 0 aliphatic carbocycles. The number of benzene rings is 2. The van der Waals surface area contributed by atoms with Crippen LogP contribution in [0.5, 0.6) is 0 Å². The first-order chi connectivity index (χ1) is 11.3. The second kappa shape index (κ2) is 9.46. The number of allylic oxidation sites excluding steroid dienone is 1. The molecule has 0 saturated heterocycles. The molecule has 23 heavy (non-hydrogen) atoms. The Balaban J connectivity index is 1.82. The lowest BCUT2D eigenvalue weighted by Gasteiger charge is -2.17. The van der Waals surface area contributed by atoms with Crippen LogP contribution in [-0.4, -0.2) is 12.6 Å². The second-order valence-electron chi connectivity index (χ2n) is 5.42. The molecule has 2 rings (SSSR count). The van der Waals surface area contributed by atoms with Gasteiger partial charge in [0.2, 0.25) is 0 Å². The molecule has 120 valence electrons. The van der Waals surface area contributed by atoms with Gasteiger partial charge in [-0.05, 0) is 24.0 Å². The SMILES string of the molecule is C=CCCC(CNC(=O)OCc1ccccc1)c1ccccc1. The maximum atomic E-state index is 11.9. The van der Waals surface area contributed by atoms with Gasteiger partial charge in [-0.1, -0.05) is 66.7 Å². The highest BCUT2D eigenvalue weighted by molar-refractivity contribution is 5.67. The first-order valence-corrected chi connectivity index (χ1v) is 7.90. The van der Waals surface area contributed by atoms with Crippen molar-refractivity contribution in [2.24, 2.45) is 0 Å². The lowest BCUT2D eigenvalue weighted by Crippen LogP contribution is -2.29. The molecule has 0 aliphatic heterocycles. The van der Waals surface area contributed by atoms with Gasteiger partial charge in [0.25, 0.3) is 0 Å². The lowest BCUT2D eigenvalue weighted by molar-refractivity contribution is 0.139. The first kappa shape index (κ1) is 16.8. The van der Waals surface area contributed by atoms with Crippen LogP contribution in [-0.2, 0) is 11.3 Å². The molecule has 0 radical (unpaired) electrons. The number of hydrogen-bond acceptors (Lipinski definition) is 2. The summed E-state index contributed by atoms with van der Waals surface area (Å²) in [4.78, 5) is 11.9. The fourth-order valence-corrected chi connectivity index (χ4v) is 2.41. The van der Waals surface area contributed by atoms with E-state index in [4.69, 9.17) is 4.74 Å². The number of amides is 1. The minimum atomic E-state index is -0.381. The van der Waals surface area contributed by atoms with Crippen molar-refractivity contribution in [3.8, 4) is 0 Å². The number of carbonyl (C=O) groups excluding carboxylic acids is 1. The first-order valence-electron chi connectivity index (χ1n) is 7.90. The summed E-state index contributed by atoms with van der Waals surface area (Å²) in [7, 11) is 0. The molecular weight excluding hydrogens is 286 g/mol. The molecule has 1 amide bonds. The zero-order valence-corrected chi connectivity index (χ0v) is 13.3. The van der Waals surface area contributed by atoms with Crippen LogP contribution < -0.4 is 5.32 Å². The van der Waals surface area contributed by atoms with Gasteiger partial charge in [-0.15, -0.1) is 6.58 Å². The van der Waals surface area contributed by atoms with Crippen molar-refractivity contribution in [3.63, 3.8) is 0 Å². The zero-order valence-electron chi connectivity index (χ0n) is 13.3. The quantitative estimate of drug-likeness (QED) is 0.720. The van der Waals surface area contributed by atoms with Gasteiger partial charge in [0.15, 0.2) is 0 Å². The molecule has 3 heteroatoms. The highest BCUT2D eigenvalue weighted by Crippen LogP contribution is 2.20. The highest BCUT2D eigenvalue weighted by atomic mass is 16.5. The van der Waals surface area contributed by atoms with Crippen molar-refractivity contribution in [2.75, 3.05) is 6.54 Å². The summed E-state index contributed by atoms with van der Waals surface area (Å²) in [6.07, 6.45) is 3.39. The standard InChI is InChI=1S/C20H23NO2/c1-2-3-12-19(18-13-8-5-9-14-18)15-21-20(22)23-16-17-10-6-4-7-11-17/h2,4-11,13-14,19H,1,3,12,15-16H2,(H,21,22). The van der Waals surface area contributed by atoms with E-state index in [2.05, 4.69) is 24.0 Å². The molecule has 1 unspecified atom stereocenters. The number of nitrogens with one attached hydrogen (secondary N) is 1. The van der Waals surface area contributed by atoms with Crippen LogP contribution in [0.15, 0.2) is 73.3 Å². The topological polar surface area (TPSA) is 38.3 Å². The van der Waals surface area contributed by atoms with Gasteiger partial charge < -0.3 is 10.1 Å². The molecule has 1 N–H and O–H groups in total. The van der Waals surface area contributed by atoms with Gasteiger partial charge in [-0.25, -0.2) is 4.79 Å². The summed E-state index contributed by atoms with van der Waals surface area (Å²) in [5.41, 5.74) is 2.20. The predicted octanol–water partition coefficient (Wildman–Crippen LogP) is 4.66. The summed E-state index contributed by atoms with van der Waals surface area (Å²) in [5, 5.41) is 2.86. The summed E-state index contributed by atoms with van der Waals surface area (Å²) < 4.78 is 5.25. The molecule has 0 aliphatic rings. The summed E-state index contributed by atoms with van der Waals surface area (Å²) >= 11 is 0. The molecule has 0 saturated carbocycles. The summed E-state index contributed by atoms with van der Waals surface area (Å²) in [6, 6.07) is 19.9. The van der Waals surface area contributed by atoms with E-state index in [0.29, 0.717) is 6.54 Å². The van der Waals surface area contributed by atoms with E-state index < -0.39 is 0 Å². The number of ether oxygens (including phenoxy) is 1. The Kier molecular flexibility index (Phi) is 6.92. The third kappa shape index (κ3) is 5.99. The van der Waals surface area contributed by atoms with E-state index in [1.807, 2.05) is 54.6 Å². The number of rotatable bonds is 8. The van der Waals surface area contributed by atoms with E-state index in [0.717, 1.165) is 18.4 Å². The van der Waals surface area contributed by atoms with Crippen molar-refractivity contribution in [2.45, 2.75) is 25.4 Å². The maximum Gasteiger partial charge on any atom is 0.407 e. The molecule has 1 atom stereocenters. The normalized spacial score (nSPS) is 11.5. The fourth-order valence-electron chi connectivity index (χ4n) is 2.41. The third-order valence-corrected chi connectivity index (χ3v) is 3.70. The average molecular weight is 309 g/mol. The highest BCUT2D eigenvalue weighted by Gasteiger charge is 2.12. The number of alkyl carbamates (subject to hydrolysis) is 1. The monoisotopic (exact) mass is 309 g/mol. The van der Waals surface area contributed by atoms with Crippen molar-refractivity contribution < 1.29 is 9.53 Å².